The summed E-state index contributed by atoms with van der Waals surface area (Å²) in [5, 5.41) is 10.4. The number of aliphatic hydroxyl groups excluding tert-OH is 1. The monoisotopic (exact) mass is 515 g/mol. The van der Waals surface area contributed by atoms with E-state index in [-0.39, 0.29) is 61.5 Å². The first-order valence-electron chi connectivity index (χ1n) is 12.1. The summed E-state index contributed by atoms with van der Waals surface area (Å²) in [5.74, 6) is -2.86. The molecule has 2 fully saturated rings. The Bertz CT molecular complexity index is 1210. The maximum atomic E-state index is 16.0. The molecule has 2 atom stereocenters. The normalized spacial score (nSPS) is 23.7. The number of anilines is 1. The van der Waals surface area contributed by atoms with Gasteiger partial charge in [0.25, 0.3) is 5.91 Å². The fourth-order valence-corrected chi connectivity index (χ4v) is 5.15. The molecule has 4 heterocycles. The number of halogens is 2. The van der Waals surface area contributed by atoms with Gasteiger partial charge in [-0.1, -0.05) is 19.2 Å². The largest absolute Gasteiger partial charge is 0.487 e. The Hall–Kier alpha value is -3.60. The van der Waals surface area contributed by atoms with Crippen molar-refractivity contribution in [3.63, 3.8) is 0 Å². The van der Waals surface area contributed by atoms with Crippen LogP contribution >= 0.6 is 0 Å². The summed E-state index contributed by atoms with van der Waals surface area (Å²) >= 11 is 0. The number of aliphatic imine (C=N–C) groups is 1. The summed E-state index contributed by atoms with van der Waals surface area (Å²) < 4.78 is 36.5. The van der Waals surface area contributed by atoms with Crippen molar-refractivity contribution in [1.29, 1.82) is 0 Å². The van der Waals surface area contributed by atoms with E-state index in [2.05, 4.69) is 23.1 Å². The second-order valence-corrected chi connectivity index (χ2v) is 9.93. The molecule has 1 aromatic heterocycles. The summed E-state index contributed by atoms with van der Waals surface area (Å²) in [5.41, 5.74) is -1.52. The van der Waals surface area contributed by atoms with E-state index in [1.807, 2.05) is 13.8 Å². The van der Waals surface area contributed by atoms with Gasteiger partial charge in [0.15, 0.2) is 11.6 Å². The van der Waals surface area contributed by atoms with Gasteiger partial charge < -0.3 is 24.5 Å². The van der Waals surface area contributed by atoms with E-state index in [9.17, 15) is 19.1 Å². The van der Waals surface area contributed by atoms with Gasteiger partial charge >= 0.3 is 0 Å². The van der Waals surface area contributed by atoms with Crippen LogP contribution in [0.15, 0.2) is 36.1 Å². The van der Waals surface area contributed by atoms with Crippen LogP contribution in [0.25, 0.3) is 5.70 Å². The number of allylic oxidation sites excluding steroid dienone is 2. The van der Waals surface area contributed by atoms with Crippen molar-refractivity contribution in [2.45, 2.75) is 44.9 Å². The number of fused-ring (bicyclic) bond motifs is 2. The first kappa shape index (κ1) is 26.5. The Kier molecular flexibility index (Phi) is 7.18. The predicted molar refractivity (Wildman–Crippen MR) is 136 cm³/mol. The number of aromatic nitrogens is 1. The molecule has 11 heteroatoms. The standard InChI is InChI=1S/C26H31F2N5O4/c1-6-8-29-21(15(3)27)22-20(28)23-19(24(30-22)33-13-17(34)11-26(33,4)5)25(36)32-10-9-31(18(35)7-2)12-16(32)14-37-23/h6-8,16-17,34H,1-2,9-14H2,3-5H3/b21-15+,29-8-/t16-,17?/m1/s1. The molecule has 9 nitrogen and oxygen atoms in total. The van der Waals surface area contributed by atoms with Gasteiger partial charge in [-0.25, -0.2) is 13.8 Å². The van der Waals surface area contributed by atoms with Gasteiger partial charge in [0, 0.05) is 37.9 Å². The quantitative estimate of drug-likeness (QED) is 0.478. The second-order valence-electron chi connectivity index (χ2n) is 9.93. The fraction of sp³-hybridized carbons (Fsp3) is 0.462. The third-order valence-corrected chi connectivity index (χ3v) is 6.91. The van der Waals surface area contributed by atoms with Gasteiger partial charge in [0.1, 0.15) is 35.2 Å². The third kappa shape index (κ3) is 4.75. The minimum atomic E-state index is -1.02. The molecule has 3 aliphatic heterocycles. The third-order valence-electron chi connectivity index (χ3n) is 6.91. The fourth-order valence-electron chi connectivity index (χ4n) is 5.15. The molecule has 0 saturated carbocycles. The number of ether oxygens (including phenoxy) is 1. The Labute approximate surface area is 214 Å². The maximum Gasteiger partial charge on any atom is 0.262 e. The first-order chi connectivity index (χ1) is 17.5. The van der Waals surface area contributed by atoms with Crippen molar-refractivity contribution >= 4 is 29.5 Å². The predicted octanol–water partition coefficient (Wildman–Crippen LogP) is 2.72. The highest BCUT2D eigenvalue weighted by molar-refractivity contribution is 6.03. The summed E-state index contributed by atoms with van der Waals surface area (Å²) in [6.45, 7) is 12.6. The number of pyridine rings is 1. The Balaban J connectivity index is 1.91. The van der Waals surface area contributed by atoms with Gasteiger partial charge in [-0.05, 0) is 33.3 Å². The van der Waals surface area contributed by atoms with Crippen LogP contribution in [0.1, 0.15) is 43.2 Å². The molecule has 0 aromatic carbocycles. The lowest BCUT2D eigenvalue weighted by Crippen LogP contribution is -2.57. The van der Waals surface area contributed by atoms with Crippen molar-refractivity contribution in [2.24, 2.45) is 4.99 Å². The van der Waals surface area contributed by atoms with E-state index in [0.29, 0.717) is 6.42 Å². The molecule has 1 aromatic rings. The topological polar surface area (TPSA) is 98.6 Å². The minimum absolute atomic E-state index is 0.0794. The van der Waals surface area contributed by atoms with Crippen molar-refractivity contribution in [3.05, 3.63) is 48.2 Å². The molecular weight excluding hydrogens is 484 g/mol. The Morgan fingerprint density at radius 1 is 1.30 bits per heavy atom. The zero-order valence-corrected chi connectivity index (χ0v) is 21.2. The smallest absolute Gasteiger partial charge is 0.262 e. The van der Waals surface area contributed by atoms with Crippen molar-refractivity contribution < 1.29 is 28.2 Å². The van der Waals surface area contributed by atoms with Gasteiger partial charge in [0.05, 0.1) is 12.1 Å². The van der Waals surface area contributed by atoms with Crippen LogP contribution in [-0.2, 0) is 4.79 Å². The van der Waals surface area contributed by atoms with Gasteiger partial charge in [-0.2, -0.15) is 0 Å². The van der Waals surface area contributed by atoms with E-state index >= 15 is 4.39 Å². The number of carbonyl (C=O) groups excluding carboxylic acids is 2. The van der Waals surface area contributed by atoms with Gasteiger partial charge in [-0.3, -0.25) is 14.6 Å². The van der Waals surface area contributed by atoms with Crippen LogP contribution in [0, 0.1) is 5.82 Å². The highest BCUT2D eigenvalue weighted by Gasteiger charge is 2.45. The molecular formula is C26H31F2N5O4. The lowest BCUT2D eigenvalue weighted by Gasteiger charge is -2.40. The Morgan fingerprint density at radius 3 is 2.62 bits per heavy atom. The SMILES string of the molecule is C=C/C=N\C(=C(/C)F)c1nc(N2CC(O)CC2(C)C)c2c(c1F)OC[C@H]1CN(C(=O)C=C)CCN1C2=O. The summed E-state index contributed by atoms with van der Waals surface area (Å²) in [6.07, 6.45) is 3.41. The molecule has 0 spiro atoms. The number of hydrogen-bond acceptors (Lipinski definition) is 7. The summed E-state index contributed by atoms with van der Waals surface area (Å²) in [6, 6.07) is -0.540. The molecule has 0 bridgehead atoms. The number of piperazine rings is 1. The van der Waals surface area contributed by atoms with Gasteiger partial charge in [-0.15, -0.1) is 0 Å². The first-order valence-corrected chi connectivity index (χ1v) is 12.1. The van der Waals surface area contributed by atoms with Crippen LogP contribution in [-0.4, -0.2) is 88.4 Å². The zero-order valence-electron chi connectivity index (χ0n) is 21.2. The van der Waals surface area contributed by atoms with E-state index in [4.69, 9.17) is 4.74 Å². The van der Waals surface area contributed by atoms with Crippen LogP contribution < -0.4 is 9.64 Å². The highest BCUT2D eigenvalue weighted by Crippen LogP contribution is 2.43. The number of aliphatic hydroxyl groups is 1. The van der Waals surface area contributed by atoms with Crippen LogP contribution in [0.5, 0.6) is 5.75 Å². The number of nitrogens with zero attached hydrogens (tertiary/aromatic N) is 5. The number of rotatable bonds is 5. The molecule has 198 valence electrons. The van der Waals surface area contributed by atoms with E-state index < -0.39 is 40.9 Å². The molecule has 1 unspecified atom stereocenters. The minimum Gasteiger partial charge on any atom is -0.487 e. The van der Waals surface area contributed by atoms with Crippen LogP contribution in [0.3, 0.4) is 0 Å². The summed E-state index contributed by atoms with van der Waals surface area (Å²) in [7, 11) is 0. The average molecular weight is 516 g/mol. The van der Waals surface area contributed by atoms with Gasteiger partial charge in [0.2, 0.25) is 5.91 Å². The summed E-state index contributed by atoms with van der Waals surface area (Å²) in [4.78, 5) is 39.4. The number of carbonyl (C=O) groups is 2. The molecule has 2 saturated heterocycles. The molecule has 37 heavy (non-hydrogen) atoms. The molecule has 3 aliphatic rings. The van der Waals surface area contributed by atoms with Crippen LogP contribution in [0.4, 0.5) is 14.6 Å². The number of β-amino-alcohol motifs (C(OH)–C–C–N with tert-alkyl or cyclic N) is 1. The lowest BCUT2D eigenvalue weighted by atomic mass is 10.00. The molecule has 0 radical (unpaired) electrons. The lowest BCUT2D eigenvalue weighted by molar-refractivity contribution is -0.128. The average Bonchev–Trinajstić information content (AvgIpc) is 3.04. The van der Waals surface area contributed by atoms with Crippen molar-refractivity contribution in [3.8, 4) is 5.75 Å². The van der Waals surface area contributed by atoms with Crippen LogP contribution in [0.2, 0.25) is 0 Å². The van der Waals surface area contributed by atoms with E-state index in [1.54, 1.807) is 14.7 Å². The number of hydrogen-bond donors (Lipinski definition) is 1. The Morgan fingerprint density at radius 2 is 2.03 bits per heavy atom. The zero-order chi connectivity index (χ0) is 27.1. The highest BCUT2D eigenvalue weighted by atomic mass is 19.1. The van der Waals surface area contributed by atoms with E-state index in [1.165, 1.54) is 18.4 Å². The van der Waals surface area contributed by atoms with E-state index in [0.717, 1.165) is 6.92 Å². The molecule has 1 N–H and O–H groups in total. The maximum absolute atomic E-state index is 16.0. The van der Waals surface area contributed by atoms with Crippen molar-refractivity contribution in [1.82, 2.24) is 14.8 Å². The molecule has 0 aliphatic carbocycles. The second kappa shape index (κ2) is 10.0. The number of amides is 2. The molecule has 2 amide bonds. The molecule has 4 rings (SSSR count). The van der Waals surface area contributed by atoms with Crippen molar-refractivity contribution in [2.75, 3.05) is 37.7 Å².